The zero-order chi connectivity index (χ0) is 7.56. The molecule has 3 nitrogen and oxygen atoms in total. The molecule has 4 heteroatoms. The molecule has 0 heterocycles. The van der Waals surface area contributed by atoms with Crippen molar-refractivity contribution in [1.82, 2.24) is 0 Å². The van der Waals surface area contributed by atoms with Crippen LogP contribution in [0, 0.1) is 10.1 Å². The Balaban J connectivity index is 2.60. The third kappa shape index (κ3) is 1.57. The molecule has 0 fully saturated rings. The van der Waals surface area contributed by atoms with Gasteiger partial charge in [-0.2, -0.15) is 0 Å². The minimum absolute atomic E-state index is 0.323. The first-order valence-corrected chi connectivity index (χ1v) is 3.25. The van der Waals surface area contributed by atoms with E-state index in [1.807, 2.05) is 0 Å². The highest BCUT2D eigenvalue weighted by Crippen LogP contribution is 2.14. The molecule has 0 aliphatic heterocycles. The summed E-state index contributed by atoms with van der Waals surface area (Å²) in [4.78, 5) is 9.82. The molecule has 0 amide bonds. The number of nitro groups is 1. The smallest absolute Gasteiger partial charge is 0.235 e. The van der Waals surface area contributed by atoms with Crippen LogP contribution in [0.3, 0.4) is 0 Å². The fraction of sp³-hybridized carbons (Fsp3) is 0.333. The first-order chi connectivity index (χ1) is 4.70. The molecule has 10 heavy (non-hydrogen) atoms. The summed E-state index contributed by atoms with van der Waals surface area (Å²) in [5.74, 6) is 0. The summed E-state index contributed by atoms with van der Waals surface area (Å²) in [5.41, 5.74) is 0. The Labute approximate surface area is 63.1 Å². The van der Waals surface area contributed by atoms with Gasteiger partial charge in [-0.25, -0.2) is 0 Å². The van der Waals surface area contributed by atoms with Crippen LogP contribution in [0.2, 0.25) is 0 Å². The quantitative estimate of drug-likeness (QED) is 0.432. The number of halogens is 1. The van der Waals surface area contributed by atoms with E-state index >= 15 is 0 Å². The van der Waals surface area contributed by atoms with Gasteiger partial charge in [0.05, 0.1) is 0 Å². The van der Waals surface area contributed by atoms with Gasteiger partial charge < -0.3 is 0 Å². The molecule has 1 unspecified atom stereocenters. The van der Waals surface area contributed by atoms with Gasteiger partial charge in [0.15, 0.2) is 0 Å². The summed E-state index contributed by atoms with van der Waals surface area (Å²) in [7, 11) is 0. The lowest BCUT2D eigenvalue weighted by atomic mass is 10.1. The van der Waals surface area contributed by atoms with E-state index in [1.54, 1.807) is 12.2 Å². The lowest BCUT2D eigenvalue weighted by Gasteiger charge is -2.04. The molecule has 0 radical (unpaired) electrons. The predicted molar refractivity (Wildman–Crippen MR) is 38.5 cm³/mol. The van der Waals surface area contributed by atoms with Gasteiger partial charge in [-0.15, -0.1) is 0 Å². The molecule has 1 aliphatic carbocycles. The van der Waals surface area contributed by atoms with Crippen LogP contribution >= 0.6 is 11.6 Å². The van der Waals surface area contributed by atoms with Gasteiger partial charge in [-0.05, 0) is 12.2 Å². The van der Waals surface area contributed by atoms with Crippen molar-refractivity contribution in [2.75, 3.05) is 0 Å². The number of hydrogen-bond donors (Lipinski definition) is 0. The maximum atomic E-state index is 10.1. The third-order valence-corrected chi connectivity index (χ3v) is 1.58. The van der Waals surface area contributed by atoms with E-state index in [0.717, 1.165) is 0 Å². The van der Waals surface area contributed by atoms with Crippen molar-refractivity contribution in [2.45, 2.75) is 12.5 Å². The van der Waals surface area contributed by atoms with E-state index in [1.165, 1.54) is 6.08 Å². The second kappa shape index (κ2) is 2.84. The van der Waals surface area contributed by atoms with Crippen LogP contribution in [0.25, 0.3) is 0 Å². The molecule has 1 aliphatic rings. The lowest BCUT2D eigenvalue weighted by molar-refractivity contribution is -0.508. The first-order valence-electron chi connectivity index (χ1n) is 2.87. The van der Waals surface area contributed by atoms with E-state index in [4.69, 9.17) is 11.6 Å². The summed E-state index contributed by atoms with van der Waals surface area (Å²) in [6.07, 6.45) is 5.11. The second-order valence-corrected chi connectivity index (χ2v) is 2.47. The van der Waals surface area contributed by atoms with Crippen molar-refractivity contribution in [3.63, 3.8) is 0 Å². The van der Waals surface area contributed by atoms with Crippen LogP contribution < -0.4 is 0 Å². The number of nitrogens with zero attached hydrogens (tertiary/aromatic N) is 1. The average molecular weight is 160 g/mol. The molecule has 0 aromatic rings. The van der Waals surface area contributed by atoms with Gasteiger partial charge in [0.25, 0.3) is 0 Å². The predicted octanol–water partition coefficient (Wildman–Crippen LogP) is 1.71. The highest BCUT2D eigenvalue weighted by atomic mass is 35.5. The average Bonchev–Trinajstić information content (AvgIpc) is 1.88. The molecule has 0 aromatic carbocycles. The first kappa shape index (κ1) is 7.28. The van der Waals surface area contributed by atoms with Gasteiger partial charge in [0, 0.05) is 16.4 Å². The fourth-order valence-electron chi connectivity index (χ4n) is 0.739. The van der Waals surface area contributed by atoms with E-state index in [9.17, 15) is 10.1 Å². The van der Waals surface area contributed by atoms with Crippen molar-refractivity contribution >= 4 is 11.6 Å². The van der Waals surface area contributed by atoms with Crippen LogP contribution in [-0.4, -0.2) is 11.0 Å². The summed E-state index contributed by atoms with van der Waals surface area (Å²) in [5, 5.41) is 10.7. The van der Waals surface area contributed by atoms with Gasteiger partial charge in [-0.1, -0.05) is 17.7 Å². The zero-order valence-corrected chi connectivity index (χ0v) is 5.91. The van der Waals surface area contributed by atoms with Crippen LogP contribution in [0.1, 0.15) is 6.42 Å². The highest BCUT2D eigenvalue weighted by molar-refractivity contribution is 6.31. The Kier molecular flexibility index (Phi) is 2.06. The molecule has 0 saturated heterocycles. The van der Waals surface area contributed by atoms with Crippen molar-refractivity contribution in [3.05, 3.63) is 33.4 Å². The van der Waals surface area contributed by atoms with Crippen molar-refractivity contribution in [2.24, 2.45) is 0 Å². The van der Waals surface area contributed by atoms with Crippen LogP contribution in [0.5, 0.6) is 0 Å². The summed E-state index contributed by atoms with van der Waals surface area (Å²) >= 11 is 5.54. The summed E-state index contributed by atoms with van der Waals surface area (Å²) < 4.78 is 0. The molecule has 0 aromatic heterocycles. The zero-order valence-electron chi connectivity index (χ0n) is 5.16. The standard InChI is InChI=1S/C6H6ClNO2/c7-5-1-3-6(4-2-5)8(9)10/h1-3,6H,4H2. The van der Waals surface area contributed by atoms with E-state index < -0.39 is 6.04 Å². The van der Waals surface area contributed by atoms with E-state index in [-0.39, 0.29) is 4.92 Å². The molecular formula is C6H6ClNO2. The fourth-order valence-corrected chi connectivity index (χ4v) is 0.901. The molecule has 0 saturated carbocycles. The van der Waals surface area contributed by atoms with Crippen LogP contribution in [0.4, 0.5) is 0 Å². The molecule has 0 N–H and O–H groups in total. The minimum atomic E-state index is -0.581. The Hall–Kier alpha value is -0.830. The Morgan fingerprint density at radius 3 is 2.90 bits per heavy atom. The topological polar surface area (TPSA) is 43.1 Å². The van der Waals surface area contributed by atoms with Gasteiger partial charge in [0.2, 0.25) is 6.04 Å². The summed E-state index contributed by atoms with van der Waals surface area (Å²) in [6.45, 7) is 0. The lowest BCUT2D eigenvalue weighted by Crippen LogP contribution is -2.16. The van der Waals surface area contributed by atoms with E-state index in [2.05, 4.69) is 0 Å². The Bertz CT molecular complexity index is 210. The number of rotatable bonds is 1. The Morgan fingerprint density at radius 2 is 2.50 bits per heavy atom. The third-order valence-electron chi connectivity index (χ3n) is 1.30. The molecule has 1 rings (SSSR count). The normalized spacial score (nSPS) is 24.1. The monoisotopic (exact) mass is 159 g/mol. The second-order valence-electron chi connectivity index (χ2n) is 2.04. The van der Waals surface area contributed by atoms with Gasteiger partial charge >= 0.3 is 0 Å². The van der Waals surface area contributed by atoms with Crippen LogP contribution in [0.15, 0.2) is 23.3 Å². The van der Waals surface area contributed by atoms with Gasteiger partial charge in [0.1, 0.15) is 0 Å². The van der Waals surface area contributed by atoms with Crippen molar-refractivity contribution in [3.8, 4) is 0 Å². The molecule has 0 bridgehead atoms. The molecule has 54 valence electrons. The van der Waals surface area contributed by atoms with Crippen molar-refractivity contribution in [1.29, 1.82) is 0 Å². The molecular weight excluding hydrogens is 154 g/mol. The maximum absolute atomic E-state index is 10.1. The molecule has 0 spiro atoms. The maximum Gasteiger partial charge on any atom is 0.235 e. The van der Waals surface area contributed by atoms with Gasteiger partial charge in [-0.3, -0.25) is 10.1 Å². The summed E-state index contributed by atoms with van der Waals surface area (Å²) in [6, 6.07) is -0.581. The molecule has 1 atom stereocenters. The minimum Gasteiger partial charge on any atom is -0.264 e. The number of hydrogen-bond acceptors (Lipinski definition) is 2. The Morgan fingerprint density at radius 1 is 1.80 bits per heavy atom. The van der Waals surface area contributed by atoms with Crippen molar-refractivity contribution < 1.29 is 4.92 Å². The largest absolute Gasteiger partial charge is 0.264 e. The van der Waals surface area contributed by atoms with Crippen LogP contribution in [-0.2, 0) is 0 Å². The van der Waals surface area contributed by atoms with E-state index in [0.29, 0.717) is 11.5 Å². The SMILES string of the molecule is O=[N+]([O-])C1C=CC(Cl)=CC1. The number of allylic oxidation sites excluding steroid dienone is 2. The highest BCUT2D eigenvalue weighted by Gasteiger charge is 2.16.